The zero-order valence-corrected chi connectivity index (χ0v) is 23.9. The number of nitrogens with zero attached hydrogens (tertiary/aromatic N) is 2. The minimum atomic E-state index is -3.60. The lowest BCUT2D eigenvalue weighted by Crippen LogP contribution is -2.49. The maximum Gasteiger partial charge on any atom is 0.242 e. The van der Waals surface area contributed by atoms with Gasteiger partial charge in [-0.1, -0.05) is 54.2 Å². The molecular weight excluding hydrogens is 533 g/mol. The van der Waals surface area contributed by atoms with Crippen LogP contribution in [0, 0.1) is 6.92 Å². The first-order chi connectivity index (χ1) is 17.5. The number of amides is 2. The fraction of sp³-hybridized carbons (Fsp3) is 0.481. The molecule has 1 N–H and O–H groups in total. The van der Waals surface area contributed by atoms with Gasteiger partial charge in [-0.3, -0.25) is 13.9 Å². The number of nitrogens with one attached hydrogen (secondary N) is 1. The van der Waals surface area contributed by atoms with E-state index >= 15 is 0 Å². The quantitative estimate of drug-likeness (QED) is 0.398. The van der Waals surface area contributed by atoms with Gasteiger partial charge in [0.25, 0.3) is 0 Å². The maximum absolute atomic E-state index is 13.4. The van der Waals surface area contributed by atoms with E-state index in [1.54, 1.807) is 55.1 Å². The van der Waals surface area contributed by atoms with Gasteiger partial charge in [-0.05, 0) is 68.5 Å². The lowest BCUT2D eigenvalue weighted by atomic mass is 10.1. The van der Waals surface area contributed by atoms with Gasteiger partial charge in [0.1, 0.15) is 6.04 Å². The molecule has 0 saturated heterocycles. The van der Waals surface area contributed by atoms with Gasteiger partial charge in [-0.15, -0.1) is 0 Å². The maximum atomic E-state index is 13.4. The molecule has 0 spiro atoms. The molecule has 1 aliphatic rings. The summed E-state index contributed by atoms with van der Waals surface area (Å²) in [6, 6.07) is 11.8. The van der Waals surface area contributed by atoms with Gasteiger partial charge in [-0.25, -0.2) is 8.42 Å². The highest BCUT2D eigenvalue weighted by molar-refractivity contribution is 7.92. The third-order valence-corrected chi connectivity index (χ3v) is 8.60. The van der Waals surface area contributed by atoms with Crippen molar-refractivity contribution in [3.8, 4) is 0 Å². The molecule has 202 valence electrons. The molecule has 10 heteroatoms. The first-order valence-electron chi connectivity index (χ1n) is 12.5. The predicted octanol–water partition coefficient (Wildman–Crippen LogP) is 5.32. The zero-order valence-electron chi connectivity index (χ0n) is 21.5. The molecule has 37 heavy (non-hydrogen) atoms. The first kappa shape index (κ1) is 29.3. The van der Waals surface area contributed by atoms with E-state index in [9.17, 15) is 18.0 Å². The minimum Gasteiger partial charge on any atom is -0.352 e. The molecule has 0 aliphatic heterocycles. The van der Waals surface area contributed by atoms with Crippen molar-refractivity contribution >= 4 is 50.7 Å². The van der Waals surface area contributed by atoms with E-state index in [-0.39, 0.29) is 43.8 Å². The average Bonchev–Trinajstić information content (AvgIpc) is 3.34. The Kier molecular flexibility index (Phi) is 10.3. The molecule has 1 saturated carbocycles. The Morgan fingerprint density at radius 2 is 1.78 bits per heavy atom. The third-order valence-electron chi connectivity index (χ3n) is 6.77. The summed E-state index contributed by atoms with van der Waals surface area (Å²) in [5.41, 5.74) is 1.96. The fourth-order valence-electron chi connectivity index (χ4n) is 4.66. The molecule has 1 fully saturated rings. The van der Waals surface area contributed by atoms with Gasteiger partial charge in [-0.2, -0.15) is 0 Å². The third kappa shape index (κ3) is 8.09. The van der Waals surface area contributed by atoms with Crippen molar-refractivity contribution in [1.29, 1.82) is 0 Å². The number of hydrogen-bond donors (Lipinski definition) is 1. The predicted molar refractivity (Wildman–Crippen MR) is 149 cm³/mol. The van der Waals surface area contributed by atoms with E-state index in [4.69, 9.17) is 23.2 Å². The van der Waals surface area contributed by atoms with Crippen molar-refractivity contribution in [1.82, 2.24) is 10.2 Å². The number of rotatable bonds is 11. The van der Waals surface area contributed by atoms with Crippen molar-refractivity contribution in [2.75, 3.05) is 17.1 Å². The lowest BCUT2D eigenvalue weighted by molar-refractivity contribution is -0.141. The largest absolute Gasteiger partial charge is 0.352 e. The number of anilines is 1. The van der Waals surface area contributed by atoms with Crippen LogP contribution in [0.4, 0.5) is 5.69 Å². The van der Waals surface area contributed by atoms with Crippen LogP contribution in [0.5, 0.6) is 0 Å². The van der Waals surface area contributed by atoms with Crippen LogP contribution >= 0.6 is 23.2 Å². The Morgan fingerprint density at radius 3 is 2.43 bits per heavy atom. The van der Waals surface area contributed by atoms with E-state index < -0.39 is 16.1 Å². The normalized spacial score (nSPS) is 14.8. The van der Waals surface area contributed by atoms with E-state index in [0.29, 0.717) is 21.3 Å². The highest BCUT2D eigenvalue weighted by atomic mass is 35.5. The Labute approximate surface area is 230 Å². The summed E-state index contributed by atoms with van der Waals surface area (Å²) in [4.78, 5) is 28.0. The number of sulfonamides is 1. The molecule has 1 unspecified atom stereocenters. The van der Waals surface area contributed by atoms with Crippen LogP contribution in [-0.2, 0) is 26.2 Å². The van der Waals surface area contributed by atoms with Crippen LogP contribution in [0.1, 0.15) is 56.6 Å². The minimum absolute atomic E-state index is 0.0766. The zero-order chi connectivity index (χ0) is 27.2. The van der Waals surface area contributed by atoms with Crippen molar-refractivity contribution in [3.63, 3.8) is 0 Å². The number of carbonyl (C=O) groups excluding carboxylic acids is 2. The van der Waals surface area contributed by atoms with Gasteiger partial charge >= 0.3 is 0 Å². The van der Waals surface area contributed by atoms with Crippen molar-refractivity contribution in [2.24, 2.45) is 0 Å². The highest BCUT2D eigenvalue weighted by Crippen LogP contribution is 2.28. The van der Waals surface area contributed by atoms with Gasteiger partial charge in [0.2, 0.25) is 21.8 Å². The molecular formula is C27H35Cl2N3O4S. The molecule has 1 atom stereocenters. The van der Waals surface area contributed by atoms with Gasteiger partial charge in [0.05, 0.1) is 11.9 Å². The Balaban J connectivity index is 1.74. The summed E-state index contributed by atoms with van der Waals surface area (Å²) in [7, 11) is -3.60. The van der Waals surface area contributed by atoms with Crippen LogP contribution in [0.2, 0.25) is 10.0 Å². The van der Waals surface area contributed by atoms with Crippen LogP contribution in [0.25, 0.3) is 0 Å². The SMILES string of the molecule is Cc1c(Cl)cccc1N(CCCC(=O)N(Cc1cccc(Cl)c1)C(C)C(=O)NC1CCCC1)S(C)(=O)=O. The van der Waals surface area contributed by atoms with Crippen LogP contribution in [-0.4, -0.2) is 50.0 Å². The first-order valence-corrected chi connectivity index (χ1v) is 15.1. The molecule has 1 aliphatic carbocycles. The van der Waals surface area contributed by atoms with Gasteiger partial charge in [0, 0.05) is 35.6 Å². The molecule has 2 aromatic carbocycles. The standard InChI is InChI=1S/C27H35Cl2N3O4S/c1-19-24(29)13-7-14-25(19)32(37(3,35)36)16-8-15-26(33)31(18-21-9-6-10-22(28)17-21)20(2)27(34)30-23-11-4-5-12-23/h6-7,9-10,13-14,17,20,23H,4-5,8,11-12,15-16,18H2,1-3H3,(H,30,34). The highest BCUT2D eigenvalue weighted by Gasteiger charge is 2.29. The molecule has 7 nitrogen and oxygen atoms in total. The van der Waals surface area contributed by atoms with Gasteiger partial charge < -0.3 is 10.2 Å². The summed E-state index contributed by atoms with van der Waals surface area (Å²) in [5.74, 6) is -0.417. The fourth-order valence-corrected chi connectivity index (χ4v) is 6.05. The van der Waals surface area contributed by atoms with Crippen molar-refractivity contribution in [2.45, 2.75) is 71.0 Å². The number of hydrogen-bond acceptors (Lipinski definition) is 4. The summed E-state index contributed by atoms with van der Waals surface area (Å²) < 4.78 is 26.4. The van der Waals surface area contributed by atoms with E-state index in [0.717, 1.165) is 37.5 Å². The van der Waals surface area contributed by atoms with E-state index in [1.807, 2.05) is 6.07 Å². The Morgan fingerprint density at radius 1 is 1.11 bits per heavy atom. The Bertz CT molecular complexity index is 1220. The molecule has 0 heterocycles. The summed E-state index contributed by atoms with van der Waals surface area (Å²) in [5, 5.41) is 4.10. The molecule has 0 radical (unpaired) electrons. The number of halogens is 2. The smallest absolute Gasteiger partial charge is 0.242 e. The summed E-state index contributed by atoms with van der Waals surface area (Å²) >= 11 is 12.4. The van der Waals surface area contributed by atoms with Crippen molar-refractivity contribution < 1.29 is 18.0 Å². The number of benzene rings is 2. The summed E-state index contributed by atoms with van der Waals surface area (Å²) in [6.07, 6.45) is 5.57. The second-order valence-electron chi connectivity index (χ2n) is 9.64. The molecule has 2 aromatic rings. The second-order valence-corrected chi connectivity index (χ2v) is 12.4. The Hall–Kier alpha value is -2.29. The van der Waals surface area contributed by atoms with Crippen LogP contribution < -0.4 is 9.62 Å². The van der Waals surface area contributed by atoms with E-state index in [2.05, 4.69) is 5.32 Å². The molecule has 0 aromatic heterocycles. The average molecular weight is 569 g/mol. The van der Waals surface area contributed by atoms with Gasteiger partial charge in [0.15, 0.2) is 0 Å². The van der Waals surface area contributed by atoms with E-state index in [1.165, 1.54) is 4.31 Å². The molecule has 2 amide bonds. The monoisotopic (exact) mass is 567 g/mol. The molecule has 0 bridgehead atoms. The molecule has 3 rings (SSSR count). The lowest BCUT2D eigenvalue weighted by Gasteiger charge is -2.30. The van der Waals surface area contributed by atoms with Crippen molar-refractivity contribution in [3.05, 3.63) is 63.6 Å². The van der Waals surface area contributed by atoms with Crippen LogP contribution in [0.15, 0.2) is 42.5 Å². The number of carbonyl (C=O) groups is 2. The second kappa shape index (κ2) is 13.0. The van der Waals surface area contributed by atoms with Crippen LogP contribution in [0.3, 0.4) is 0 Å². The topological polar surface area (TPSA) is 86.8 Å². The summed E-state index contributed by atoms with van der Waals surface area (Å²) in [6.45, 7) is 3.82.